The Labute approximate surface area is 133 Å². The van der Waals surface area contributed by atoms with Crippen LogP contribution < -0.4 is 16.4 Å². The molecule has 0 saturated heterocycles. The average molecular weight is 365 g/mol. The van der Waals surface area contributed by atoms with Gasteiger partial charge in [0.05, 0.1) is 5.54 Å². The molecule has 1 aromatic carbocycles. The standard InChI is InChI=1S/C13H18BrN3O2.ClH/c1-13(2,15)12(19)17-8-7-16-11(18)9-3-5-10(14)6-4-9;/h3-6H,7-8,15H2,1-2H3,(H,16,18)(H,17,19);1H. The summed E-state index contributed by atoms with van der Waals surface area (Å²) in [6.07, 6.45) is 0. The molecule has 0 heterocycles. The van der Waals surface area contributed by atoms with Crippen molar-refractivity contribution in [1.29, 1.82) is 0 Å². The van der Waals surface area contributed by atoms with Gasteiger partial charge >= 0.3 is 0 Å². The van der Waals surface area contributed by atoms with Gasteiger partial charge in [0.15, 0.2) is 0 Å². The lowest BCUT2D eigenvalue weighted by molar-refractivity contribution is -0.125. The van der Waals surface area contributed by atoms with Crippen LogP contribution in [0.3, 0.4) is 0 Å². The van der Waals surface area contributed by atoms with Crippen molar-refractivity contribution in [3.05, 3.63) is 34.3 Å². The maximum atomic E-state index is 11.7. The molecule has 7 heteroatoms. The Hall–Kier alpha value is -1.11. The van der Waals surface area contributed by atoms with Crippen molar-refractivity contribution in [1.82, 2.24) is 10.6 Å². The van der Waals surface area contributed by atoms with E-state index in [-0.39, 0.29) is 24.2 Å². The highest BCUT2D eigenvalue weighted by molar-refractivity contribution is 9.10. The van der Waals surface area contributed by atoms with E-state index in [9.17, 15) is 9.59 Å². The van der Waals surface area contributed by atoms with Gasteiger partial charge < -0.3 is 16.4 Å². The van der Waals surface area contributed by atoms with Crippen molar-refractivity contribution in [2.75, 3.05) is 13.1 Å². The van der Waals surface area contributed by atoms with E-state index in [1.165, 1.54) is 0 Å². The van der Waals surface area contributed by atoms with Crippen LogP contribution in [0.25, 0.3) is 0 Å². The second kappa shape index (κ2) is 8.24. The zero-order valence-corrected chi connectivity index (χ0v) is 13.8. The molecule has 0 saturated carbocycles. The fourth-order valence-corrected chi connectivity index (χ4v) is 1.55. The third kappa shape index (κ3) is 6.36. The van der Waals surface area contributed by atoms with Crippen LogP contribution >= 0.6 is 28.3 Å². The molecule has 0 radical (unpaired) electrons. The first-order chi connectivity index (χ1) is 8.80. The van der Waals surface area contributed by atoms with Crippen LogP contribution in [0.4, 0.5) is 0 Å². The predicted molar refractivity (Wildman–Crippen MR) is 85.0 cm³/mol. The Kier molecular flexibility index (Phi) is 7.78. The van der Waals surface area contributed by atoms with Gasteiger partial charge in [-0.2, -0.15) is 0 Å². The predicted octanol–water partition coefficient (Wildman–Crippen LogP) is 1.45. The zero-order valence-electron chi connectivity index (χ0n) is 11.4. The van der Waals surface area contributed by atoms with Gasteiger partial charge in [-0.15, -0.1) is 12.4 Å². The first-order valence-electron chi connectivity index (χ1n) is 5.91. The third-order valence-corrected chi connectivity index (χ3v) is 2.92. The number of carbonyl (C=O) groups excluding carboxylic acids is 2. The van der Waals surface area contributed by atoms with Gasteiger partial charge in [0.25, 0.3) is 5.91 Å². The maximum absolute atomic E-state index is 11.7. The summed E-state index contributed by atoms with van der Waals surface area (Å²) in [5.41, 5.74) is 5.29. The average Bonchev–Trinajstić information content (AvgIpc) is 2.33. The highest BCUT2D eigenvalue weighted by atomic mass is 79.9. The second-order valence-corrected chi connectivity index (χ2v) is 5.66. The SMILES string of the molecule is CC(C)(N)C(=O)NCCNC(=O)c1ccc(Br)cc1.Cl. The molecular formula is C13H19BrClN3O2. The molecule has 0 spiro atoms. The van der Waals surface area contributed by atoms with Crippen LogP contribution in [0.15, 0.2) is 28.7 Å². The number of hydrogen-bond donors (Lipinski definition) is 3. The Morgan fingerprint density at radius 2 is 1.65 bits per heavy atom. The molecule has 112 valence electrons. The molecule has 4 N–H and O–H groups in total. The molecule has 1 rings (SSSR count). The summed E-state index contributed by atoms with van der Waals surface area (Å²) in [5.74, 6) is -0.417. The maximum Gasteiger partial charge on any atom is 0.251 e. The number of amides is 2. The Morgan fingerprint density at radius 3 is 2.15 bits per heavy atom. The number of benzene rings is 1. The number of carbonyl (C=O) groups is 2. The lowest BCUT2D eigenvalue weighted by atomic mass is 10.1. The molecule has 0 aliphatic heterocycles. The van der Waals surface area contributed by atoms with Crippen molar-refractivity contribution >= 4 is 40.2 Å². The molecule has 0 fully saturated rings. The molecule has 0 aromatic heterocycles. The van der Waals surface area contributed by atoms with Crippen molar-refractivity contribution in [3.8, 4) is 0 Å². The molecule has 20 heavy (non-hydrogen) atoms. The molecule has 0 aliphatic rings. The number of halogens is 2. The van der Waals surface area contributed by atoms with E-state index in [4.69, 9.17) is 5.73 Å². The van der Waals surface area contributed by atoms with Gasteiger partial charge in [0.1, 0.15) is 0 Å². The highest BCUT2D eigenvalue weighted by Crippen LogP contribution is 2.10. The second-order valence-electron chi connectivity index (χ2n) is 4.74. The quantitative estimate of drug-likeness (QED) is 0.692. The van der Waals surface area contributed by atoms with Gasteiger partial charge in [-0.25, -0.2) is 0 Å². The fourth-order valence-electron chi connectivity index (χ4n) is 1.28. The summed E-state index contributed by atoms with van der Waals surface area (Å²) in [6.45, 7) is 3.96. The molecule has 2 amide bonds. The molecular weight excluding hydrogens is 346 g/mol. The van der Waals surface area contributed by atoms with Crippen LogP contribution in [0, 0.1) is 0 Å². The molecule has 0 unspecified atom stereocenters. The van der Waals surface area contributed by atoms with Crippen molar-refractivity contribution in [2.45, 2.75) is 19.4 Å². The van der Waals surface area contributed by atoms with E-state index in [2.05, 4.69) is 26.6 Å². The first-order valence-corrected chi connectivity index (χ1v) is 6.71. The van der Waals surface area contributed by atoms with Gasteiger partial charge in [0, 0.05) is 23.1 Å². The van der Waals surface area contributed by atoms with Crippen LogP contribution in [-0.2, 0) is 4.79 Å². The minimum absolute atomic E-state index is 0. The molecule has 1 aromatic rings. The smallest absolute Gasteiger partial charge is 0.251 e. The van der Waals surface area contributed by atoms with E-state index in [1.54, 1.807) is 38.1 Å². The molecule has 0 atom stereocenters. The number of nitrogens with one attached hydrogen (secondary N) is 2. The van der Waals surface area contributed by atoms with Gasteiger partial charge in [-0.05, 0) is 38.1 Å². The van der Waals surface area contributed by atoms with Crippen LogP contribution in [0.1, 0.15) is 24.2 Å². The molecule has 0 bridgehead atoms. The third-order valence-electron chi connectivity index (χ3n) is 2.39. The minimum Gasteiger partial charge on any atom is -0.353 e. The zero-order chi connectivity index (χ0) is 14.5. The monoisotopic (exact) mass is 363 g/mol. The minimum atomic E-state index is -0.907. The summed E-state index contributed by atoms with van der Waals surface area (Å²) in [5, 5.41) is 5.37. The largest absolute Gasteiger partial charge is 0.353 e. The van der Waals surface area contributed by atoms with Crippen LogP contribution in [0.2, 0.25) is 0 Å². The van der Waals surface area contributed by atoms with E-state index >= 15 is 0 Å². The normalized spacial score (nSPS) is 10.4. The summed E-state index contributed by atoms with van der Waals surface area (Å²) in [4.78, 5) is 23.2. The van der Waals surface area contributed by atoms with Crippen LogP contribution in [-0.4, -0.2) is 30.4 Å². The molecule has 0 aliphatic carbocycles. The van der Waals surface area contributed by atoms with Crippen molar-refractivity contribution < 1.29 is 9.59 Å². The lowest BCUT2D eigenvalue weighted by Gasteiger charge is -2.17. The fraction of sp³-hybridized carbons (Fsp3) is 0.385. The van der Waals surface area contributed by atoms with E-state index < -0.39 is 5.54 Å². The Bertz CT molecular complexity index is 458. The summed E-state index contributed by atoms with van der Waals surface area (Å²) in [6, 6.07) is 7.04. The topological polar surface area (TPSA) is 84.2 Å². The van der Waals surface area contributed by atoms with Gasteiger partial charge in [-0.3, -0.25) is 9.59 Å². The van der Waals surface area contributed by atoms with Crippen molar-refractivity contribution in [2.24, 2.45) is 5.73 Å². The summed E-state index contributed by atoms with van der Waals surface area (Å²) in [7, 11) is 0. The van der Waals surface area contributed by atoms with E-state index in [0.29, 0.717) is 18.7 Å². The lowest BCUT2D eigenvalue weighted by Crippen LogP contribution is -2.50. The number of nitrogens with two attached hydrogens (primary N) is 1. The Morgan fingerprint density at radius 1 is 1.15 bits per heavy atom. The van der Waals surface area contributed by atoms with Gasteiger partial charge in [0.2, 0.25) is 5.91 Å². The summed E-state index contributed by atoms with van der Waals surface area (Å²) >= 11 is 3.30. The highest BCUT2D eigenvalue weighted by Gasteiger charge is 2.20. The van der Waals surface area contributed by atoms with E-state index in [0.717, 1.165) is 4.47 Å². The first kappa shape index (κ1) is 18.9. The van der Waals surface area contributed by atoms with Crippen molar-refractivity contribution in [3.63, 3.8) is 0 Å². The number of hydrogen-bond acceptors (Lipinski definition) is 3. The molecule has 5 nitrogen and oxygen atoms in total. The number of rotatable bonds is 5. The Balaban J connectivity index is 0.00000361. The van der Waals surface area contributed by atoms with E-state index in [1.807, 2.05) is 0 Å². The van der Waals surface area contributed by atoms with Crippen LogP contribution in [0.5, 0.6) is 0 Å². The van der Waals surface area contributed by atoms with Gasteiger partial charge in [-0.1, -0.05) is 15.9 Å². The summed E-state index contributed by atoms with van der Waals surface area (Å²) < 4.78 is 0.918.